The lowest BCUT2D eigenvalue weighted by atomic mass is 9.73. The number of aromatic nitrogens is 1. The van der Waals surface area contributed by atoms with E-state index in [1.165, 1.54) is 34.3 Å². The normalized spacial score (nSPS) is 39.7. The molecule has 3 aliphatic rings. The summed E-state index contributed by atoms with van der Waals surface area (Å²) in [5.41, 5.74) is -3.59. The topological polar surface area (TPSA) is 217 Å². The van der Waals surface area contributed by atoms with Gasteiger partial charge in [0.15, 0.2) is 25.5 Å². The van der Waals surface area contributed by atoms with Crippen LogP contribution in [0.4, 0.5) is 0 Å². The van der Waals surface area contributed by atoms with E-state index in [-0.39, 0.29) is 42.8 Å². The van der Waals surface area contributed by atoms with Crippen molar-refractivity contribution >= 4 is 34.6 Å². The predicted molar refractivity (Wildman–Crippen MR) is 251 cm³/mol. The summed E-state index contributed by atoms with van der Waals surface area (Å²) in [6.07, 6.45) is -7.78. The minimum Gasteiger partial charge on any atom is -0.459 e. The number of aliphatic hydroxyl groups excluding tert-OH is 1. The number of carbonyl (C=O) groups is 4. The number of methoxy groups -OCH3 is 2. The van der Waals surface area contributed by atoms with E-state index in [0.29, 0.717) is 11.9 Å². The van der Waals surface area contributed by atoms with Crippen LogP contribution in [0.15, 0.2) is 36.5 Å². The number of nitrogens with zero attached hydrogens (tertiary/aromatic N) is 2. The number of pyridine rings is 1. The Morgan fingerprint density at radius 1 is 0.899 bits per heavy atom. The van der Waals surface area contributed by atoms with Crippen LogP contribution in [-0.4, -0.2) is 163 Å². The van der Waals surface area contributed by atoms with Crippen LogP contribution in [0.2, 0.25) is 0 Å². The van der Waals surface area contributed by atoms with Gasteiger partial charge in [-0.2, -0.15) is 0 Å². The molecule has 1 aromatic carbocycles. The summed E-state index contributed by atoms with van der Waals surface area (Å²) in [6, 6.07) is 8.61. The summed E-state index contributed by atoms with van der Waals surface area (Å²) in [7, 11) is 6.74. The maximum Gasteiger partial charge on any atom is 0.341 e. The molecule has 388 valence electrons. The molecule has 0 spiro atoms. The fraction of sp³-hybridized carbons (Fsp3) is 0.745. The Morgan fingerprint density at radius 3 is 2.17 bits per heavy atom. The first kappa shape index (κ1) is 56.2. The number of para-hydroxylation sites is 1. The summed E-state index contributed by atoms with van der Waals surface area (Å²) in [6.45, 7) is 17.8. The zero-order chi connectivity index (χ0) is 51.3. The molecule has 3 aliphatic heterocycles. The molecule has 0 amide bonds. The average Bonchev–Trinajstić information content (AvgIpc) is 3.30. The lowest BCUT2D eigenvalue weighted by molar-refractivity contribution is -0.320. The summed E-state index contributed by atoms with van der Waals surface area (Å²) < 4.78 is 62.7. The molecule has 18 atom stereocenters. The second-order valence-electron chi connectivity index (χ2n) is 20.3. The summed E-state index contributed by atoms with van der Waals surface area (Å²) in [4.78, 5) is 61.4. The highest BCUT2D eigenvalue weighted by Gasteiger charge is 2.55. The Bertz CT molecular complexity index is 2070. The van der Waals surface area contributed by atoms with Crippen LogP contribution in [0.1, 0.15) is 112 Å². The van der Waals surface area contributed by atoms with Gasteiger partial charge in [-0.05, 0) is 87.0 Å². The van der Waals surface area contributed by atoms with Gasteiger partial charge in [0, 0.05) is 62.9 Å². The van der Waals surface area contributed by atoms with E-state index < -0.39 is 120 Å². The van der Waals surface area contributed by atoms with Crippen LogP contribution in [0.5, 0.6) is 0 Å². The average molecular weight is 975 g/mol. The molecular formula is C51H78N2O16. The largest absolute Gasteiger partial charge is 0.459 e. The van der Waals surface area contributed by atoms with E-state index in [2.05, 4.69) is 4.98 Å². The number of esters is 3. The van der Waals surface area contributed by atoms with Gasteiger partial charge in [-0.25, -0.2) is 4.79 Å². The van der Waals surface area contributed by atoms with Crippen LogP contribution in [0.3, 0.4) is 0 Å². The van der Waals surface area contributed by atoms with E-state index in [1.54, 1.807) is 54.5 Å². The van der Waals surface area contributed by atoms with Crippen molar-refractivity contribution in [3.63, 3.8) is 0 Å². The number of ketones is 1. The number of carbonyl (C=O) groups excluding carboxylic acids is 4. The monoisotopic (exact) mass is 975 g/mol. The van der Waals surface area contributed by atoms with Gasteiger partial charge in [0.05, 0.1) is 47.0 Å². The smallest absolute Gasteiger partial charge is 0.341 e. The number of Topliss-reactive ketones (excluding diaryl/α,β-unsaturated/α-hetero) is 1. The van der Waals surface area contributed by atoms with Crippen LogP contribution < -0.4 is 0 Å². The number of cyclic esters (lactones) is 1. The summed E-state index contributed by atoms with van der Waals surface area (Å²) >= 11 is 0. The Kier molecular flexibility index (Phi) is 18.9. The second-order valence-corrected chi connectivity index (χ2v) is 20.3. The van der Waals surface area contributed by atoms with Gasteiger partial charge in [-0.15, -0.1) is 0 Å². The molecule has 4 heterocycles. The lowest BCUT2D eigenvalue weighted by Crippen LogP contribution is -2.62. The number of benzene rings is 1. The molecule has 0 bridgehead atoms. The highest BCUT2D eigenvalue weighted by Crippen LogP contribution is 2.42. The molecule has 3 saturated heterocycles. The number of rotatable bonds is 13. The van der Waals surface area contributed by atoms with E-state index in [0.717, 1.165) is 5.39 Å². The van der Waals surface area contributed by atoms with Crippen LogP contribution in [0, 0.1) is 23.7 Å². The number of likely N-dealkylation sites (N-methyl/N-ethyl adjacent to an activating group) is 1. The van der Waals surface area contributed by atoms with Gasteiger partial charge in [-0.3, -0.25) is 19.4 Å². The molecule has 2 N–H and O–H groups in total. The van der Waals surface area contributed by atoms with Gasteiger partial charge >= 0.3 is 17.9 Å². The molecule has 0 radical (unpaired) electrons. The van der Waals surface area contributed by atoms with Crippen LogP contribution >= 0.6 is 0 Å². The first-order chi connectivity index (χ1) is 32.3. The van der Waals surface area contributed by atoms with Gasteiger partial charge in [-0.1, -0.05) is 45.9 Å². The zero-order valence-electron chi connectivity index (χ0n) is 43.2. The van der Waals surface area contributed by atoms with Crippen molar-refractivity contribution in [1.29, 1.82) is 0 Å². The SMILES string of the molecule is CC[C@@H]1OC(=O)[C@H](C)[C@@H](OC2C[C@@](C)(OC)[C@@H](OC(C)=O)[C@H](C)O2)[C@H](C)[C@@H](O[C@@H]2O[C@H](C)C[C@H](N(C)C)[C@H]2O)[C@@](C)(OC)C[C@@H](C)C(=O)[C@@H](C)[C@@H](OCOC(=O)c2cnc3ccccc3c2)[C@]1(C)O. The van der Waals surface area contributed by atoms with Gasteiger partial charge in [0.25, 0.3) is 0 Å². The van der Waals surface area contributed by atoms with E-state index in [9.17, 15) is 29.4 Å². The molecule has 3 fully saturated rings. The van der Waals surface area contributed by atoms with Gasteiger partial charge in [0.2, 0.25) is 0 Å². The summed E-state index contributed by atoms with van der Waals surface area (Å²) in [5, 5.41) is 25.1. The van der Waals surface area contributed by atoms with Crippen molar-refractivity contribution in [2.45, 2.75) is 186 Å². The van der Waals surface area contributed by atoms with E-state index in [1.807, 2.05) is 57.1 Å². The lowest BCUT2D eigenvalue weighted by Gasteiger charge is -2.50. The number of hydrogen-bond acceptors (Lipinski definition) is 18. The quantitative estimate of drug-likeness (QED) is 0.146. The Morgan fingerprint density at radius 2 is 1.55 bits per heavy atom. The molecule has 0 saturated carbocycles. The molecule has 18 nitrogen and oxygen atoms in total. The number of aliphatic hydroxyl groups is 2. The third-order valence-corrected chi connectivity index (χ3v) is 14.7. The van der Waals surface area contributed by atoms with Gasteiger partial charge < -0.3 is 62.5 Å². The van der Waals surface area contributed by atoms with Gasteiger partial charge in [0.1, 0.15) is 35.3 Å². The first-order valence-electron chi connectivity index (χ1n) is 24.2. The molecule has 1 aromatic heterocycles. The van der Waals surface area contributed by atoms with Crippen LogP contribution in [0.25, 0.3) is 10.9 Å². The second kappa shape index (κ2) is 23.2. The molecule has 18 heteroatoms. The Hall–Kier alpha value is -3.69. The Labute approximate surface area is 407 Å². The highest BCUT2D eigenvalue weighted by atomic mass is 16.7. The number of hydrogen-bond donors (Lipinski definition) is 2. The van der Waals surface area contributed by atoms with Crippen LogP contribution in [-0.2, 0) is 61.8 Å². The molecule has 69 heavy (non-hydrogen) atoms. The minimum atomic E-state index is -2.03. The third kappa shape index (κ3) is 12.7. The fourth-order valence-electron chi connectivity index (χ4n) is 10.7. The molecule has 5 rings (SSSR count). The maximum absolute atomic E-state index is 14.8. The Balaban J connectivity index is 1.57. The predicted octanol–water partition coefficient (Wildman–Crippen LogP) is 5.40. The summed E-state index contributed by atoms with van der Waals surface area (Å²) in [5.74, 6) is -6.08. The maximum atomic E-state index is 14.8. The molecule has 1 unspecified atom stereocenters. The first-order valence-corrected chi connectivity index (χ1v) is 24.2. The van der Waals surface area contributed by atoms with Crippen molar-refractivity contribution in [1.82, 2.24) is 9.88 Å². The van der Waals surface area contributed by atoms with E-state index >= 15 is 0 Å². The van der Waals surface area contributed by atoms with Crippen molar-refractivity contribution in [2.24, 2.45) is 23.7 Å². The highest BCUT2D eigenvalue weighted by molar-refractivity contribution is 5.93. The molecule has 0 aliphatic carbocycles. The molecular weight excluding hydrogens is 897 g/mol. The number of ether oxygens (including phenoxy) is 10. The van der Waals surface area contributed by atoms with E-state index in [4.69, 9.17) is 47.4 Å². The molecule has 2 aromatic rings. The number of fused-ring (bicyclic) bond motifs is 1. The standard InChI is InChI=1S/C51H78N2O16/c1-16-38-51(11,59)44(62-26-63-47(58)35-22-34-19-17-18-20-36(34)52-25-35)29(4)40(55)27(2)23-49(9,60-14)43(69-48-41(56)37(53(12)13)21-28(3)64-48)30(5)42(31(6)46(57)67-38)68-39-24-50(10,61-15)45(32(7)65-39)66-33(8)54/h17-20,22,25,27-32,37-39,41-45,48,56,59H,16,21,23-24,26H2,1-15H3/t27-,28-,29-,30+,31-,32+,37+,38+,39?,41-,42+,43-,44-,45+,48+,49+,50-,51-/m1/s1. The zero-order valence-corrected chi connectivity index (χ0v) is 43.2. The minimum absolute atomic E-state index is 0.0432. The van der Waals surface area contributed by atoms with Crippen molar-refractivity contribution < 1.29 is 76.8 Å². The third-order valence-electron chi connectivity index (χ3n) is 14.7. The van der Waals surface area contributed by atoms with Crippen molar-refractivity contribution in [2.75, 3.05) is 35.1 Å². The van der Waals surface area contributed by atoms with Crippen molar-refractivity contribution in [3.8, 4) is 0 Å². The van der Waals surface area contributed by atoms with Crippen molar-refractivity contribution in [3.05, 3.63) is 42.1 Å². The fourth-order valence-corrected chi connectivity index (χ4v) is 10.7.